The molecule has 1 aromatic rings. The van der Waals surface area contributed by atoms with Gasteiger partial charge < -0.3 is 4.90 Å². The van der Waals surface area contributed by atoms with Crippen molar-refractivity contribution in [3.63, 3.8) is 0 Å². The van der Waals surface area contributed by atoms with Gasteiger partial charge in [-0.05, 0) is 24.1 Å². The summed E-state index contributed by atoms with van der Waals surface area (Å²) in [5.41, 5.74) is 3.78. The van der Waals surface area contributed by atoms with Crippen molar-refractivity contribution < 1.29 is 9.59 Å². The Labute approximate surface area is 124 Å². The molecule has 1 aliphatic heterocycles. The maximum absolute atomic E-state index is 11.5. The van der Waals surface area contributed by atoms with Crippen molar-refractivity contribution in [3.05, 3.63) is 35.4 Å². The van der Waals surface area contributed by atoms with Gasteiger partial charge in [-0.1, -0.05) is 12.1 Å². The second-order valence-corrected chi connectivity index (χ2v) is 5.31. The van der Waals surface area contributed by atoms with Crippen LogP contribution in [-0.2, 0) is 11.3 Å². The van der Waals surface area contributed by atoms with Gasteiger partial charge in [-0.2, -0.15) is 0 Å². The second-order valence-electron chi connectivity index (χ2n) is 5.31. The molecule has 0 radical (unpaired) electrons. The van der Waals surface area contributed by atoms with Crippen molar-refractivity contribution in [3.8, 4) is 0 Å². The molecule has 2 amide bonds. The van der Waals surface area contributed by atoms with Crippen LogP contribution in [0.15, 0.2) is 24.3 Å². The highest BCUT2D eigenvalue weighted by Crippen LogP contribution is 2.11. The second kappa shape index (κ2) is 7.19. The van der Waals surface area contributed by atoms with Crippen LogP contribution in [0.4, 0.5) is 0 Å². The van der Waals surface area contributed by atoms with Crippen LogP contribution in [0.5, 0.6) is 0 Å². The first-order valence-electron chi connectivity index (χ1n) is 7.18. The molecule has 1 heterocycles. The molecule has 0 aromatic heterocycles. The van der Waals surface area contributed by atoms with E-state index in [0.717, 1.165) is 44.7 Å². The first kappa shape index (κ1) is 15.5. The highest BCUT2D eigenvalue weighted by atomic mass is 16.2. The third kappa shape index (κ3) is 4.27. The van der Waals surface area contributed by atoms with Crippen LogP contribution in [0.1, 0.15) is 29.3 Å². The molecule has 21 heavy (non-hydrogen) atoms. The highest BCUT2D eigenvalue weighted by Gasteiger charge is 2.16. The molecule has 2 rings (SSSR count). The quantitative estimate of drug-likeness (QED) is 0.478. The number of hydrazine groups is 1. The van der Waals surface area contributed by atoms with Crippen molar-refractivity contribution in [1.82, 2.24) is 15.2 Å². The zero-order chi connectivity index (χ0) is 15.2. The minimum Gasteiger partial charge on any atom is -0.342 e. The van der Waals surface area contributed by atoms with Gasteiger partial charge in [-0.15, -0.1) is 0 Å². The Morgan fingerprint density at radius 3 is 2.76 bits per heavy atom. The minimum atomic E-state index is -0.282. The molecule has 0 atom stereocenters. The molecule has 1 fully saturated rings. The van der Waals surface area contributed by atoms with E-state index in [2.05, 4.69) is 10.3 Å². The topological polar surface area (TPSA) is 78.7 Å². The largest absolute Gasteiger partial charge is 0.342 e. The molecular formula is C15H22N4O2. The van der Waals surface area contributed by atoms with Crippen molar-refractivity contribution in [2.24, 2.45) is 5.84 Å². The number of hydrogen-bond acceptors (Lipinski definition) is 4. The number of carbonyl (C=O) groups is 2. The van der Waals surface area contributed by atoms with E-state index in [0.29, 0.717) is 5.56 Å². The van der Waals surface area contributed by atoms with E-state index in [1.807, 2.05) is 23.1 Å². The van der Waals surface area contributed by atoms with Crippen LogP contribution in [0, 0.1) is 0 Å². The number of hydrogen-bond donors (Lipinski definition) is 2. The molecule has 0 saturated carbocycles. The Morgan fingerprint density at radius 2 is 2.05 bits per heavy atom. The average molecular weight is 290 g/mol. The lowest BCUT2D eigenvalue weighted by Gasteiger charge is -2.21. The first-order valence-corrected chi connectivity index (χ1v) is 7.18. The number of amides is 2. The summed E-state index contributed by atoms with van der Waals surface area (Å²) in [6.45, 7) is 5.78. The SMILES string of the molecule is CC(=O)N1CCCN(Cc2cccc(C(=O)NN)c2)CC1. The summed E-state index contributed by atoms with van der Waals surface area (Å²) in [5, 5.41) is 0. The van der Waals surface area contributed by atoms with Gasteiger partial charge in [0, 0.05) is 45.2 Å². The van der Waals surface area contributed by atoms with Gasteiger partial charge in [-0.3, -0.25) is 19.9 Å². The van der Waals surface area contributed by atoms with E-state index in [9.17, 15) is 9.59 Å². The van der Waals surface area contributed by atoms with Crippen LogP contribution in [-0.4, -0.2) is 47.8 Å². The van der Waals surface area contributed by atoms with Crippen LogP contribution in [0.25, 0.3) is 0 Å². The summed E-state index contributed by atoms with van der Waals surface area (Å²) in [7, 11) is 0. The van der Waals surface area contributed by atoms with E-state index in [1.165, 1.54) is 0 Å². The van der Waals surface area contributed by atoms with Gasteiger partial charge in [0.05, 0.1) is 0 Å². The molecule has 0 aliphatic carbocycles. The summed E-state index contributed by atoms with van der Waals surface area (Å²) in [6.07, 6.45) is 0.975. The minimum absolute atomic E-state index is 0.137. The Kier molecular flexibility index (Phi) is 5.30. The molecule has 3 N–H and O–H groups in total. The van der Waals surface area contributed by atoms with Gasteiger partial charge in [-0.25, -0.2) is 5.84 Å². The van der Waals surface area contributed by atoms with Gasteiger partial charge in [0.1, 0.15) is 0 Å². The van der Waals surface area contributed by atoms with Gasteiger partial charge >= 0.3 is 0 Å². The predicted molar refractivity (Wildman–Crippen MR) is 80.2 cm³/mol. The number of rotatable bonds is 3. The van der Waals surface area contributed by atoms with Gasteiger partial charge in [0.25, 0.3) is 5.91 Å². The Hall–Kier alpha value is -1.92. The third-order valence-corrected chi connectivity index (χ3v) is 3.76. The van der Waals surface area contributed by atoms with E-state index < -0.39 is 0 Å². The maximum atomic E-state index is 11.5. The van der Waals surface area contributed by atoms with E-state index >= 15 is 0 Å². The molecule has 1 saturated heterocycles. The maximum Gasteiger partial charge on any atom is 0.265 e. The lowest BCUT2D eigenvalue weighted by Crippen LogP contribution is -2.33. The van der Waals surface area contributed by atoms with E-state index in [-0.39, 0.29) is 11.8 Å². The molecule has 0 spiro atoms. The van der Waals surface area contributed by atoms with Crippen LogP contribution >= 0.6 is 0 Å². The molecule has 6 nitrogen and oxygen atoms in total. The fraction of sp³-hybridized carbons (Fsp3) is 0.467. The van der Waals surface area contributed by atoms with E-state index in [4.69, 9.17) is 5.84 Å². The predicted octanol–water partition coefficient (Wildman–Crippen LogP) is 0.344. The number of carbonyl (C=O) groups excluding carboxylic acids is 2. The molecule has 1 aliphatic rings. The summed E-state index contributed by atoms with van der Waals surface area (Å²) >= 11 is 0. The van der Waals surface area contributed by atoms with E-state index in [1.54, 1.807) is 13.0 Å². The number of nitrogens with two attached hydrogens (primary N) is 1. The molecule has 1 aromatic carbocycles. The fourth-order valence-electron chi connectivity index (χ4n) is 2.60. The zero-order valence-corrected chi connectivity index (χ0v) is 12.3. The standard InChI is InChI=1S/C15H22N4O2/c1-12(20)19-7-3-6-18(8-9-19)11-13-4-2-5-14(10-13)15(21)17-16/h2,4-5,10H,3,6-9,11,16H2,1H3,(H,17,21). The monoisotopic (exact) mass is 290 g/mol. The molecule has 114 valence electrons. The molecule has 6 heteroatoms. The molecular weight excluding hydrogens is 268 g/mol. The third-order valence-electron chi connectivity index (χ3n) is 3.76. The van der Waals surface area contributed by atoms with Crippen molar-refractivity contribution in [1.29, 1.82) is 0 Å². The average Bonchev–Trinajstić information content (AvgIpc) is 2.72. The zero-order valence-electron chi connectivity index (χ0n) is 12.3. The summed E-state index contributed by atoms with van der Waals surface area (Å²) < 4.78 is 0. The highest BCUT2D eigenvalue weighted by molar-refractivity contribution is 5.93. The van der Waals surface area contributed by atoms with Crippen molar-refractivity contribution in [2.75, 3.05) is 26.2 Å². The summed E-state index contributed by atoms with van der Waals surface area (Å²) in [6, 6.07) is 7.46. The molecule has 0 bridgehead atoms. The lowest BCUT2D eigenvalue weighted by molar-refractivity contribution is -0.128. The molecule has 0 unspecified atom stereocenters. The Morgan fingerprint density at radius 1 is 1.24 bits per heavy atom. The van der Waals surface area contributed by atoms with Gasteiger partial charge in [0.2, 0.25) is 5.91 Å². The van der Waals surface area contributed by atoms with Crippen molar-refractivity contribution in [2.45, 2.75) is 19.9 Å². The number of benzene rings is 1. The Bertz CT molecular complexity index is 518. The fourth-order valence-corrected chi connectivity index (χ4v) is 2.60. The summed E-state index contributed by atoms with van der Waals surface area (Å²) in [4.78, 5) is 27.2. The van der Waals surface area contributed by atoms with Crippen LogP contribution in [0.3, 0.4) is 0 Å². The normalized spacial score (nSPS) is 16.4. The number of nitrogens with one attached hydrogen (secondary N) is 1. The Balaban J connectivity index is 1.98. The lowest BCUT2D eigenvalue weighted by atomic mass is 10.1. The van der Waals surface area contributed by atoms with Crippen molar-refractivity contribution >= 4 is 11.8 Å². The first-order chi connectivity index (χ1) is 10.1. The summed E-state index contributed by atoms with van der Waals surface area (Å²) in [5.74, 6) is 5.01. The van der Waals surface area contributed by atoms with Crippen LogP contribution in [0.2, 0.25) is 0 Å². The number of nitrogen functional groups attached to an aromatic ring is 1. The smallest absolute Gasteiger partial charge is 0.265 e. The van der Waals surface area contributed by atoms with Crippen LogP contribution < -0.4 is 11.3 Å². The number of nitrogens with zero attached hydrogens (tertiary/aromatic N) is 2. The van der Waals surface area contributed by atoms with Gasteiger partial charge in [0.15, 0.2) is 0 Å².